The number of nitrogens with zero attached hydrogens (tertiary/aromatic N) is 1. The van der Waals surface area contributed by atoms with Gasteiger partial charge in [-0.1, -0.05) is 32.0 Å². The van der Waals surface area contributed by atoms with Crippen molar-refractivity contribution >= 4 is 5.96 Å². The van der Waals surface area contributed by atoms with Crippen LogP contribution in [0.2, 0.25) is 0 Å². The van der Waals surface area contributed by atoms with Crippen LogP contribution in [-0.4, -0.2) is 40.9 Å². The fourth-order valence-electron chi connectivity index (χ4n) is 3.02. The van der Waals surface area contributed by atoms with Gasteiger partial charge in [0, 0.05) is 25.7 Å². The maximum Gasteiger partial charge on any atom is 0.203 e. The Kier molecular flexibility index (Phi) is 9.81. The molecule has 0 saturated carbocycles. The largest absolute Gasteiger partial charge is 0.493 e. The highest BCUT2D eigenvalue weighted by molar-refractivity contribution is 5.79. The van der Waals surface area contributed by atoms with Gasteiger partial charge in [0.2, 0.25) is 5.75 Å². The van der Waals surface area contributed by atoms with E-state index >= 15 is 0 Å². The van der Waals surface area contributed by atoms with Crippen LogP contribution in [0.1, 0.15) is 31.4 Å². The monoisotopic (exact) mass is 429 g/mol. The van der Waals surface area contributed by atoms with Crippen molar-refractivity contribution in [2.24, 2.45) is 10.9 Å². The molecule has 0 aliphatic rings. The van der Waals surface area contributed by atoms with Crippen molar-refractivity contribution < 1.29 is 18.9 Å². The number of methoxy groups -OCH3 is 3. The second kappa shape index (κ2) is 12.6. The van der Waals surface area contributed by atoms with Crippen molar-refractivity contribution in [3.63, 3.8) is 0 Å². The van der Waals surface area contributed by atoms with Crippen molar-refractivity contribution in [1.29, 1.82) is 0 Å². The van der Waals surface area contributed by atoms with E-state index < -0.39 is 0 Å². The molecule has 31 heavy (non-hydrogen) atoms. The van der Waals surface area contributed by atoms with Crippen LogP contribution in [0.3, 0.4) is 0 Å². The minimum atomic E-state index is 0.545. The summed E-state index contributed by atoms with van der Waals surface area (Å²) in [4.78, 5) is 4.32. The molecule has 0 atom stereocenters. The highest BCUT2D eigenvalue weighted by atomic mass is 16.5. The van der Waals surface area contributed by atoms with Crippen LogP contribution in [0, 0.1) is 5.92 Å². The lowest BCUT2D eigenvalue weighted by molar-refractivity contribution is 0.286. The van der Waals surface area contributed by atoms with Gasteiger partial charge in [0.05, 0.1) is 27.9 Å². The van der Waals surface area contributed by atoms with E-state index in [-0.39, 0.29) is 0 Å². The molecule has 170 valence electrons. The summed E-state index contributed by atoms with van der Waals surface area (Å²) >= 11 is 0. The third-order valence-corrected chi connectivity index (χ3v) is 4.78. The molecule has 0 amide bonds. The average molecular weight is 430 g/mol. The zero-order valence-corrected chi connectivity index (χ0v) is 19.5. The summed E-state index contributed by atoms with van der Waals surface area (Å²) in [5.41, 5.74) is 2.07. The lowest BCUT2D eigenvalue weighted by atomic mass is 10.1. The van der Waals surface area contributed by atoms with Gasteiger partial charge in [-0.25, -0.2) is 0 Å². The number of para-hydroxylation sites is 1. The molecule has 7 nitrogen and oxygen atoms in total. The standard InChI is InChI=1S/C24H35N3O4/c1-17(2)11-12-31-20-10-8-7-9-19(20)16-27-24(25-3)26-15-18-13-21(28-4)23(30-6)22(14-18)29-5/h7-10,13-14,17H,11-12,15-16H2,1-6H3,(H2,25,26,27). The first kappa shape index (κ1) is 24.2. The Balaban J connectivity index is 1.99. The van der Waals surface area contributed by atoms with E-state index in [2.05, 4.69) is 35.5 Å². The van der Waals surface area contributed by atoms with Gasteiger partial charge in [-0.2, -0.15) is 0 Å². The van der Waals surface area contributed by atoms with E-state index in [0.717, 1.165) is 23.3 Å². The van der Waals surface area contributed by atoms with Crippen LogP contribution in [0.5, 0.6) is 23.0 Å². The fraction of sp³-hybridized carbons (Fsp3) is 0.458. The van der Waals surface area contributed by atoms with Crippen LogP contribution in [0.4, 0.5) is 0 Å². The van der Waals surface area contributed by atoms with E-state index in [4.69, 9.17) is 18.9 Å². The highest BCUT2D eigenvalue weighted by Crippen LogP contribution is 2.38. The molecule has 0 radical (unpaired) electrons. The molecule has 0 aromatic heterocycles. The Hall–Kier alpha value is -3.09. The zero-order chi connectivity index (χ0) is 22.6. The van der Waals surface area contributed by atoms with Gasteiger partial charge in [0.1, 0.15) is 5.75 Å². The molecular formula is C24H35N3O4. The quantitative estimate of drug-likeness (QED) is 0.415. The smallest absolute Gasteiger partial charge is 0.203 e. The van der Waals surface area contributed by atoms with E-state index in [1.165, 1.54) is 0 Å². The van der Waals surface area contributed by atoms with Crippen LogP contribution >= 0.6 is 0 Å². The van der Waals surface area contributed by atoms with Gasteiger partial charge in [-0.3, -0.25) is 4.99 Å². The topological polar surface area (TPSA) is 73.3 Å². The van der Waals surface area contributed by atoms with E-state index in [0.29, 0.717) is 48.8 Å². The Morgan fingerprint density at radius 3 is 2.13 bits per heavy atom. The van der Waals surface area contributed by atoms with Gasteiger partial charge in [-0.05, 0) is 36.1 Å². The Bertz CT molecular complexity index is 827. The van der Waals surface area contributed by atoms with E-state index in [1.807, 2.05) is 30.3 Å². The summed E-state index contributed by atoms with van der Waals surface area (Å²) in [5.74, 6) is 4.01. The molecule has 0 fully saturated rings. The lowest BCUT2D eigenvalue weighted by Gasteiger charge is -2.17. The maximum atomic E-state index is 5.98. The zero-order valence-electron chi connectivity index (χ0n) is 19.5. The number of hydrogen-bond acceptors (Lipinski definition) is 5. The predicted octanol–water partition coefficient (Wildman–Crippen LogP) is 4.00. The molecule has 2 aromatic rings. The highest BCUT2D eigenvalue weighted by Gasteiger charge is 2.13. The van der Waals surface area contributed by atoms with E-state index in [9.17, 15) is 0 Å². The number of rotatable bonds is 11. The fourth-order valence-corrected chi connectivity index (χ4v) is 3.02. The van der Waals surface area contributed by atoms with Crippen LogP contribution in [0.15, 0.2) is 41.4 Å². The number of guanidine groups is 1. The van der Waals surface area contributed by atoms with Gasteiger partial charge < -0.3 is 29.6 Å². The molecule has 0 aliphatic heterocycles. The molecule has 0 bridgehead atoms. The molecule has 0 heterocycles. The lowest BCUT2D eigenvalue weighted by Crippen LogP contribution is -2.36. The van der Waals surface area contributed by atoms with Crippen LogP contribution < -0.4 is 29.6 Å². The molecule has 0 aliphatic carbocycles. The summed E-state index contributed by atoms with van der Waals surface area (Å²) in [5, 5.41) is 6.67. The first-order valence-electron chi connectivity index (χ1n) is 10.5. The molecule has 7 heteroatoms. The van der Waals surface area contributed by atoms with Crippen molar-refractivity contribution in [3.8, 4) is 23.0 Å². The molecule has 2 aromatic carbocycles. The van der Waals surface area contributed by atoms with Gasteiger partial charge >= 0.3 is 0 Å². The van der Waals surface area contributed by atoms with Crippen molar-refractivity contribution in [2.75, 3.05) is 35.0 Å². The van der Waals surface area contributed by atoms with Crippen molar-refractivity contribution in [3.05, 3.63) is 47.5 Å². The number of aliphatic imine (C=N–C) groups is 1. The van der Waals surface area contributed by atoms with E-state index in [1.54, 1.807) is 28.4 Å². The predicted molar refractivity (Wildman–Crippen MR) is 125 cm³/mol. The minimum Gasteiger partial charge on any atom is -0.493 e. The Morgan fingerprint density at radius 1 is 0.903 bits per heavy atom. The first-order valence-corrected chi connectivity index (χ1v) is 10.5. The Morgan fingerprint density at radius 2 is 1.55 bits per heavy atom. The van der Waals surface area contributed by atoms with Gasteiger partial charge in [0.25, 0.3) is 0 Å². The summed E-state index contributed by atoms with van der Waals surface area (Å²) in [6.45, 7) is 6.25. The third kappa shape index (κ3) is 7.27. The van der Waals surface area contributed by atoms with Gasteiger partial charge in [0.15, 0.2) is 17.5 Å². The normalized spacial score (nSPS) is 11.3. The van der Waals surface area contributed by atoms with Gasteiger partial charge in [-0.15, -0.1) is 0 Å². The average Bonchev–Trinajstić information content (AvgIpc) is 2.78. The number of ether oxygens (including phenoxy) is 4. The maximum absolute atomic E-state index is 5.98. The number of hydrogen-bond donors (Lipinski definition) is 2. The summed E-state index contributed by atoms with van der Waals surface area (Å²) in [6.07, 6.45) is 1.03. The summed E-state index contributed by atoms with van der Waals surface area (Å²) in [7, 11) is 6.55. The van der Waals surface area contributed by atoms with Crippen LogP contribution in [0.25, 0.3) is 0 Å². The number of benzene rings is 2. The molecule has 0 unspecified atom stereocenters. The van der Waals surface area contributed by atoms with Crippen molar-refractivity contribution in [2.45, 2.75) is 33.4 Å². The summed E-state index contributed by atoms with van der Waals surface area (Å²) in [6, 6.07) is 11.9. The Labute approximate surface area is 185 Å². The minimum absolute atomic E-state index is 0.545. The number of nitrogens with one attached hydrogen (secondary N) is 2. The van der Waals surface area contributed by atoms with Crippen molar-refractivity contribution in [1.82, 2.24) is 10.6 Å². The van der Waals surface area contributed by atoms with Crippen LogP contribution in [-0.2, 0) is 13.1 Å². The molecule has 2 rings (SSSR count). The molecular weight excluding hydrogens is 394 g/mol. The molecule has 2 N–H and O–H groups in total. The SMILES string of the molecule is CN=C(NCc1cc(OC)c(OC)c(OC)c1)NCc1ccccc1OCCC(C)C. The second-order valence-corrected chi connectivity index (χ2v) is 7.45. The molecule has 0 spiro atoms. The summed E-state index contributed by atoms with van der Waals surface area (Å²) < 4.78 is 22.2. The first-order chi connectivity index (χ1) is 15.0. The third-order valence-electron chi connectivity index (χ3n) is 4.78. The molecule has 0 saturated heterocycles. The second-order valence-electron chi connectivity index (χ2n) is 7.45.